The van der Waals surface area contributed by atoms with Crippen LogP contribution in [-0.4, -0.2) is 22.7 Å². The molecule has 1 N–H and O–H groups in total. The average molecular weight is 285 g/mol. The first-order chi connectivity index (χ1) is 9.47. The summed E-state index contributed by atoms with van der Waals surface area (Å²) in [5.41, 5.74) is 0.0354. The van der Waals surface area contributed by atoms with Gasteiger partial charge in [0.1, 0.15) is 0 Å². The Bertz CT molecular complexity index is 575. The van der Waals surface area contributed by atoms with Crippen LogP contribution in [0.15, 0.2) is 16.7 Å². The number of hydrogen-bond donors (Lipinski definition) is 1. The van der Waals surface area contributed by atoms with E-state index in [9.17, 15) is 13.2 Å². The second kappa shape index (κ2) is 6.04. The van der Waals surface area contributed by atoms with Crippen LogP contribution in [-0.2, 0) is 6.42 Å². The van der Waals surface area contributed by atoms with Gasteiger partial charge in [-0.15, -0.1) is 0 Å². The maximum absolute atomic E-state index is 13.1. The Hall–Kier alpha value is -1.89. The van der Waals surface area contributed by atoms with E-state index in [2.05, 4.69) is 15.5 Å². The van der Waals surface area contributed by atoms with E-state index < -0.39 is 17.5 Å². The van der Waals surface area contributed by atoms with Crippen LogP contribution in [0.4, 0.5) is 13.2 Å². The highest BCUT2D eigenvalue weighted by atomic mass is 19.2. The van der Waals surface area contributed by atoms with Crippen LogP contribution in [0.2, 0.25) is 0 Å². The zero-order chi connectivity index (χ0) is 14.7. The molecule has 7 heteroatoms. The minimum atomic E-state index is -1.52. The normalized spacial score (nSPS) is 11.3. The molecule has 0 amide bonds. The first kappa shape index (κ1) is 14.5. The lowest BCUT2D eigenvalue weighted by atomic mass is 10.2. The van der Waals surface area contributed by atoms with Crippen LogP contribution < -0.4 is 5.32 Å². The minimum absolute atomic E-state index is 0.0300. The van der Waals surface area contributed by atoms with Crippen LogP contribution in [0, 0.1) is 17.5 Å². The molecule has 0 spiro atoms. The van der Waals surface area contributed by atoms with Crippen molar-refractivity contribution in [3.8, 4) is 11.4 Å². The maximum Gasteiger partial charge on any atom is 0.228 e. The van der Waals surface area contributed by atoms with E-state index in [1.165, 1.54) is 0 Å². The molecule has 0 aliphatic heterocycles. The zero-order valence-electron chi connectivity index (χ0n) is 11.1. The standard InChI is InChI=1S/C13H14F3N3O/c1-7(2)17-4-3-11-18-13(19-20-11)8-5-9(14)12(16)10(15)6-8/h5-7,17H,3-4H2,1-2H3. The number of aromatic nitrogens is 2. The molecule has 0 unspecified atom stereocenters. The van der Waals surface area contributed by atoms with Crippen LogP contribution in [0.1, 0.15) is 19.7 Å². The van der Waals surface area contributed by atoms with Crippen molar-refractivity contribution in [2.24, 2.45) is 0 Å². The molecule has 0 atom stereocenters. The SMILES string of the molecule is CC(C)NCCc1nc(-c2cc(F)c(F)c(F)c2)no1. The van der Waals surface area contributed by atoms with E-state index >= 15 is 0 Å². The Morgan fingerprint density at radius 2 is 1.85 bits per heavy atom. The summed E-state index contributed by atoms with van der Waals surface area (Å²) < 4.78 is 44.0. The summed E-state index contributed by atoms with van der Waals surface area (Å²) in [6.07, 6.45) is 0.497. The Balaban J connectivity index is 2.12. The van der Waals surface area contributed by atoms with E-state index in [1.807, 2.05) is 13.8 Å². The number of nitrogens with zero attached hydrogens (tertiary/aromatic N) is 2. The molecular weight excluding hydrogens is 271 g/mol. The third-order valence-corrected chi connectivity index (χ3v) is 2.60. The van der Waals surface area contributed by atoms with Crippen LogP contribution >= 0.6 is 0 Å². The highest BCUT2D eigenvalue weighted by Gasteiger charge is 2.15. The summed E-state index contributed by atoms with van der Waals surface area (Å²) in [6, 6.07) is 2.00. The maximum atomic E-state index is 13.1. The summed E-state index contributed by atoms with van der Waals surface area (Å²) in [5, 5.41) is 6.80. The van der Waals surface area contributed by atoms with Crippen molar-refractivity contribution in [1.82, 2.24) is 15.5 Å². The van der Waals surface area contributed by atoms with E-state index in [-0.39, 0.29) is 11.4 Å². The van der Waals surface area contributed by atoms with Gasteiger partial charge in [-0.2, -0.15) is 4.98 Å². The molecule has 0 radical (unpaired) electrons. The first-order valence-electron chi connectivity index (χ1n) is 6.18. The Morgan fingerprint density at radius 3 is 2.45 bits per heavy atom. The highest BCUT2D eigenvalue weighted by Crippen LogP contribution is 2.21. The zero-order valence-corrected chi connectivity index (χ0v) is 11.1. The average Bonchev–Trinajstić information content (AvgIpc) is 2.83. The highest BCUT2D eigenvalue weighted by molar-refractivity contribution is 5.54. The van der Waals surface area contributed by atoms with Gasteiger partial charge in [-0.05, 0) is 12.1 Å². The van der Waals surface area contributed by atoms with Crippen molar-refractivity contribution in [3.05, 3.63) is 35.5 Å². The molecule has 1 aromatic carbocycles. The number of hydrogen-bond acceptors (Lipinski definition) is 4. The van der Waals surface area contributed by atoms with Gasteiger partial charge in [0, 0.05) is 24.6 Å². The molecule has 0 fully saturated rings. The summed E-state index contributed by atoms with van der Waals surface area (Å²) in [4.78, 5) is 4.02. The molecule has 108 valence electrons. The predicted molar refractivity (Wildman–Crippen MR) is 66.5 cm³/mol. The number of nitrogens with one attached hydrogen (secondary N) is 1. The van der Waals surface area contributed by atoms with Crippen molar-refractivity contribution < 1.29 is 17.7 Å². The van der Waals surface area contributed by atoms with Crippen molar-refractivity contribution in [1.29, 1.82) is 0 Å². The number of benzene rings is 1. The van der Waals surface area contributed by atoms with Crippen molar-refractivity contribution in [3.63, 3.8) is 0 Å². The largest absolute Gasteiger partial charge is 0.339 e. The number of halogens is 3. The molecule has 1 aromatic heterocycles. The van der Waals surface area contributed by atoms with Gasteiger partial charge in [-0.25, -0.2) is 13.2 Å². The predicted octanol–water partition coefficient (Wildman–Crippen LogP) is 2.69. The lowest BCUT2D eigenvalue weighted by Gasteiger charge is -2.04. The third-order valence-electron chi connectivity index (χ3n) is 2.60. The topological polar surface area (TPSA) is 51.0 Å². The van der Waals surface area contributed by atoms with Gasteiger partial charge in [0.25, 0.3) is 0 Å². The van der Waals surface area contributed by atoms with Crippen LogP contribution in [0.3, 0.4) is 0 Å². The summed E-state index contributed by atoms with van der Waals surface area (Å²) >= 11 is 0. The molecule has 0 aliphatic carbocycles. The monoisotopic (exact) mass is 285 g/mol. The molecule has 20 heavy (non-hydrogen) atoms. The molecule has 2 aromatic rings. The van der Waals surface area contributed by atoms with E-state index in [1.54, 1.807) is 0 Å². The second-order valence-corrected chi connectivity index (χ2v) is 4.62. The molecule has 0 saturated carbocycles. The van der Waals surface area contributed by atoms with Gasteiger partial charge in [0.2, 0.25) is 11.7 Å². The Labute approximate surface area is 114 Å². The summed E-state index contributed by atoms with van der Waals surface area (Å²) in [5.74, 6) is -3.71. The fraction of sp³-hybridized carbons (Fsp3) is 0.385. The van der Waals surface area contributed by atoms with Crippen molar-refractivity contribution in [2.45, 2.75) is 26.3 Å². The lowest BCUT2D eigenvalue weighted by molar-refractivity contribution is 0.374. The Kier molecular flexibility index (Phi) is 4.39. The molecule has 0 aliphatic rings. The smallest absolute Gasteiger partial charge is 0.228 e. The minimum Gasteiger partial charge on any atom is -0.339 e. The molecule has 2 rings (SSSR count). The van der Waals surface area contributed by atoms with Gasteiger partial charge in [-0.1, -0.05) is 19.0 Å². The molecule has 0 saturated heterocycles. The fourth-order valence-electron chi connectivity index (χ4n) is 1.63. The lowest BCUT2D eigenvalue weighted by Crippen LogP contribution is -2.25. The van der Waals surface area contributed by atoms with Crippen LogP contribution in [0.5, 0.6) is 0 Å². The van der Waals surface area contributed by atoms with Gasteiger partial charge >= 0.3 is 0 Å². The van der Waals surface area contributed by atoms with E-state index in [0.717, 1.165) is 12.1 Å². The van der Waals surface area contributed by atoms with Crippen molar-refractivity contribution >= 4 is 0 Å². The van der Waals surface area contributed by atoms with Gasteiger partial charge in [0.05, 0.1) is 0 Å². The van der Waals surface area contributed by atoms with Crippen LogP contribution in [0.25, 0.3) is 11.4 Å². The first-order valence-corrected chi connectivity index (χ1v) is 6.18. The third kappa shape index (κ3) is 3.36. The molecular formula is C13H14F3N3O. The molecule has 0 bridgehead atoms. The Morgan fingerprint density at radius 1 is 1.20 bits per heavy atom. The van der Waals surface area contributed by atoms with Crippen molar-refractivity contribution in [2.75, 3.05) is 6.54 Å². The number of rotatable bonds is 5. The summed E-state index contributed by atoms with van der Waals surface area (Å²) in [7, 11) is 0. The van der Waals surface area contributed by atoms with Gasteiger partial charge in [-0.3, -0.25) is 0 Å². The fourth-order valence-corrected chi connectivity index (χ4v) is 1.63. The quantitative estimate of drug-likeness (QED) is 0.858. The second-order valence-electron chi connectivity index (χ2n) is 4.62. The summed E-state index contributed by atoms with van der Waals surface area (Å²) in [6.45, 7) is 4.65. The molecule has 4 nitrogen and oxygen atoms in total. The van der Waals surface area contributed by atoms with Gasteiger partial charge < -0.3 is 9.84 Å². The molecule has 1 heterocycles. The van der Waals surface area contributed by atoms with E-state index in [4.69, 9.17) is 4.52 Å². The van der Waals surface area contributed by atoms with Gasteiger partial charge in [0.15, 0.2) is 17.5 Å². The van der Waals surface area contributed by atoms with E-state index in [0.29, 0.717) is 24.9 Å².